The van der Waals surface area contributed by atoms with E-state index in [9.17, 15) is 0 Å². The summed E-state index contributed by atoms with van der Waals surface area (Å²) in [4.78, 5) is 0. The zero-order chi connectivity index (χ0) is 7.68. The maximum absolute atomic E-state index is 3.86. The van der Waals surface area contributed by atoms with Crippen LogP contribution < -0.4 is 10.6 Å². The van der Waals surface area contributed by atoms with E-state index in [4.69, 9.17) is 0 Å². The average Bonchev–Trinajstić information content (AvgIpc) is 2.04. The molecule has 0 amide bonds. The highest BCUT2D eigenvalue weighted by Gasteiger charge is 2.05. The third-order valence-electron chi connectivity index (χ3n) is 1.84. The predicted octanol–water partition coefficient (Wildman–Crippen LogP) is 1.71. The Hall–Kier alpha value is -1.18. The quantitative estimate of drug-likeness (QED) is 0.583. The molecule has 0 unspecified atom stereocenters. The molecule has 0 spiro atoms. The number of hydrogen-bond acceptors (Lipinski definition) is 2. The van der Waals surface area contributed by atoms with Crippen LogP contribution in [0.25, 0.3) is 0 Å². The summed E-state index contributed by atoms with van der Waals surface area (Å²) < 4.78 is 0. The molecule has 11 heavy (non-hydrogen) atoms. The number of rotatable bonds is 0. The van der Waals surface area contributed by atoms with Crippen LogP contribution in [0.1, 0.15) is 5.56 Å². The van der Waals surface area contributed by atoms with E-state index < -0.39 is 0 Å². The molecule has 57 valence electrons. The molecule has 1 heterocycles. The molecular formula is C9H11N2. The Balaban J connectivity index is 2.43. The summed E-state index contributed by atoms with van der Waals surface area (Å²) in [6.45, 7) is 5.86. The summed E-state index contributed by atoms with van der Waals surface area (Å²) in [5.74, 6) is 0. The van der Waals surface area contributed by atoms with Crippen LogP contribution in [0.5, 0.6) is 0 Å². The number of hydrogen-bond donors (Lipinski definition) is 2. The summed E-state index contributed by atoms with van der Waals surface area (Å²) in [7, 11) is 0. The summed E-state index contributed by atoms with van der Waals surface area (Å²) in [5.41, 5.74) is 3.41. The van der Waals surface area contributed by atoms with Crippen molar-refractivity contribution in [3.05, 3.63) is 30.7 Å². The average molecular weight is 147 g/mol. The molecule has 0 fully saturated rings. The first-order chi connectivity index (χ1) is 5.36. The molecule has 0 saturated carbocycles. The number of anilines is 2. The van der Waals surface area contributed by atoms with Crippen LogP contribution in [0.15, 0.2) is 18.2 Å². The molecule has 1 aliphatic rings. The van der Waals surface area contributed by atoms with Gasteiger partial charge in [0.1, 0.15) is 0 Å². The van der Waals surface area contributed by atoms with Crippen LogP contribution in [0.3, 0.4) is 0 Å². The lowest BCUT2D eigenvalue weighted by atomic mass is 10.1. The predicted molar refractivity (Wildman–Crippen MR) is 47.9 cm³/mol. The fraction of sp³-hybridized carbons (Fsp3) is 0.222. The molecule has 1 aliphatic heterocycles. The van der Waals surface area contributed by atoms with Crippen LogP contribution >= 0.6 is 0 Å². The molecule has 0 aliphatic carbocycles. The van der Waals surface area contributed by atoms with Crippen molar-refractivity contribution in [3.63, 3.8) is 0 Å². The minimum atomic E-state index is 0.996. The van der Waals surface area contributed by atoms with E-state index in [-0.39, 0.29) is 0 Å². The Kier molecular flexibility index (Phi) is 1.46. The van der Waals surface area contributed by atoms with Gasteiger partial charge in [-0.3, -0.25) is 0 Å². The highest BCUT2D eigenvalue weighted by molar-refractivity contribution is 5.71. The number of nitrogens with one attached hydrogen (secondary N) is 2. The Morgan fingerprint density at radius 3 is 2.64 bits per heavy atom. The molecule has 1 aromatic rings. The van der Waals surface area contributed by atoms with Crippen molar-refractivity contribution in [2.75, 3.05) is 23.7 Å². The monoisotopic (exact) mass is 147 g/mol. The first-order valence-corrected chi connectivity index (χ1v) is 3.80. The van der Waals surface area contributed by atoms with E-state index in [1.807, 2.05) is 6.07 Å². The van der Waals surface area contributed by atoms with Crippen LogP contribution in [-0.2, 0) is 0 Å². The van der Waals surface area contributed by atoms with Crippen molar-refractivity contribution in [3.8, 4) is 0 Å². The van der Waals surface area contributed by atoms with Gasteiger partial charge in [-0.2, -0.15) is 0 Å². The smallest absolute Gasteiger partial charge is 0.0579 e. The van der Waals surface area contributed by atoms with E-state index >= 15 is 0 Å². The van der Waals surface area contributed by atoms with Crippen LogP contribution in [0, 0.1) is 6.92 Å². The van der Waals surface area contributed by atoms with Crippen molar-refractivity contribution < 1.29 is 0 Å². The third kappa shape index (κ3) is 1.16. The van der Waals surface area contributed by atoms with E-state index in [1.54, 1.807) is 0 Å². The molecule has 2 nitrogen and oxygen atoms in total. The van der Waals surface area contributed by atoms with Gasteiger partial charge in [-0.25, -0.2) is 0 Å². The fourth-order valence-corrected chi connectivity index (χ4v) is 1.29. The SMILES string of the molecule is [CH2]c1ccc2c(c1)NCCN2. The van der Waals surface area contributed by atoms with Crippen molar-refractivity contribution >= 4 is 11.4 Å². The standard InChI is InChI=1S/C9H11N2/c1-7-2-3-8-9(6-7)11-5-4-10-8/h2-3,6,10-11H,1,4-5H2. The maximum Gasteiger partial charge on any atom is 0.0579 e. The zero-order valence-corrected chi connectivity index (χ0v) is 6.35. The first kappa shape index (κ1) is 6.53. The second kappa shape index (κ2) is 2.46. The summed E-state index contributed by atoms with van der Waals surface area (Å²) in [5, 5.41) is 6.60. The van der Waals surface area contributed by atoms with E-state index in [0.29, 0.717) is 0 Å². The van der Waals surface area contributed by atoms with Gasteiger partial charge in [-0.1, -0.05) is 6.07 Å². The molecule has 0 bridgehead atoms. The highest BCUT2D eigenvalue weighted by atomic mass is 15.0. The molecule has 1 radical (unpaired) electrons. The fourth-order valence-electron chi connectivity index (χ4n) is 1.29. The van der Waals surface area contributed by atoms with Gasteiger partial charge in [0, 0.05) is 13.1 Å². The van der Waals surface area contributed by atoms with Gasteiger partial charge in [0.2, 0.25) is 0 Å². The van der Waals surface area contributed by atoms with Crippen LogP contribution in [-0.4, -0.2) is 13.1 Å². The third-order valence-corrected chi connectivity index (χ3v) is 1.84. The van der Waals surface area contributed by atoms with Crippen LogP contribution in [0.4, 0.5) is 11.4 Å². The van der Waals surface area contributed by atoms with Gasteiger partial charge < -0.3 is 10.6 Å². The lowest BCUT2D eigenvalue weighted by molar-refractivity contribution is 1.05. The largest absolute Gasteiger partial charge is 0.382 e. The normalized spacial score (nSPS) is 14.6. The van der Waals surface area contributed by atoms with Crippen molar-refractivity contribution in [2.45, 2.75) is 0 Å². The summed E-state index contributed by atoms with van der Waals surface area (Å²) >= 11 is 0. The molecule has 0 atom stereocenters. The number of fused-ring (bicyclic) bond motifs is 1. The Morgan fingerprint density at radius 2 is 1.82 bits per heavy atom. The Bertz CT molecular complexity index is 268. The molecule has 2 N–H and O–H groups in total. The van der Waals surface area contributed by atoms with Crippen molar-refractivity contribution in [1.29, 1.82) is 0 Å². The van der Waals surface area contributed by atoms with Crippen molar-refractivity contribution in [1.82, 2.24) is 0 Å². The molecular weight excluding hydrogens is 136 g/mol. The maximum atomic E-state index is 3.86. The molecule has 1 aromatic carbocycles. The molecule has 2 heteroatoms. The number of benzene rings is 1. The highest BCUT2D eigenvalue weighted by Crippen LogP contribution is 2.24. The van der Waals surface area contributed by atoms with E-state index in [0.717, 1.165) is 18.7 Å². The van der Waals surface area contributed by atoms with Gasteiger partial charge in [-0.05, 0) is 24.6 Å². The van der Waals surface area contributed by atoms with Crippen molar-refractivity contribution in [2.24, 2.45) is 0 Å². The Morgan fingerprint density at radius 1 is 1.09 bits per heavy atom. The van der Waals surface area contributed by atoms with Gasteiger partial charge in [0.15, 0.2) is 0 Å². The Labute approximate surface area is 66.6 Å². The second-order valence-electron chi connectivity index (χ2n) is 2.73. The zero-order valence-electron chi connectivity index (χ0n) is 6.35. The molecule has 0 aromatic heterocycles. The van der Waals surface area contributed by atoms with Gasteiger partial charge in [-0.15, -0.1) is 0 Å². The van der Waals surface area contributed by atoms with E-state index in [2.05, 4.69) is 29.7 Å². The van der Waals surface area contributed by atoms with Gasteiger partial charge in [0.25, 0.3) is 0 Å². The minimum absolute atomic E-state index is 0.996. The summed E-state index contributed by atoms with van der Waals surface area (Å²) in [6.07, 6.45) is 0. The van der Waals surface area contributed by atoms with Crippen LogP contribution in [0.2, 0.25) is 0 Å². The van der Waals surface area contributed by atoms with Gasteiger partial charge >= 0.3 is 0 Å². The lowest BCUT2D eigenvalue weighted by Gasteiger charge is -2.19. The second-order valence-corrected chi connectivity index (χ2v) is 2.73. The lowest BCUT2D eigenvalue weighted by Crippen LogP contribution is -2.20. The minimum Gasteiger partial charge on any atom is -0.382 e. The topological polar surface area (TPSA) is 24.1 Å². The molecule has 0 saturated heterocycles. The molecule has 2 rings (SSSR count). The van der Waals surface area contributed by atoms with Gasteiger partial charge in [0.05, 0.1) is 11.4 Å². The summed E-state index contributed by atoms with van der Waals surface area (Å²) in [6, 6.07) is 6.13. The first-order valence-electron chi connectivity index (χ1n) is 3.80. The van der Waals surface area contributed by atoms with E-state index in [1.165, 1.54) is 11.4 Å².